The molecule has 0 aliphatic rings. The topological polar surface area (TPSA) is 64.4 Å². The lowest BCUT2D eigenvalue weighted by Gasteiger charge is -2.11. The second-order valence-corrected chi connectivity index (χ2v) is 4.39. The van der Waals surface area contributed by atoms with E-state index in [1.165, 1.54) is 0 Å². The molecule has 1 unspecified atom stereocenters. The van der Waals surface area contributed by atoms with E-state index in [-0.39, 0.29) is 25.0 Å². The zero-order valence-corrected chi connectivity index (χ0v) is 11.0. The fourth-order valence-corrected chi connectivity index (χ4v) is 1.56. The molecule has 0 heterocycles. The van der Waals surface area contributed by atoms with E-state index >= 15 is 0 Å². The maximum atomic E-state index is 11.9. The summed E-state index contributed by atoms with van der Waals surface area (Å²) in [5.74, 6) is 4.35. The molecule has 0 saturated heterocycles. The van der Waals surface area contributed by atoms with E-state index in [2.05, 4.69) is 5.43 Å². The van der Waals surface area contributed by atoms with Crippen LogP contribution in [0.15, 0.2) is 24.3 Å². The maximum Gasteiger partial charge on any atom is 0.391 e. The Morgan fingerprint density at radius 2 is 1.95 bits per heavy atom. The lowest BCUT2D eigenvalue weighted by atomic mass is 9.99. The molecule has 0 fully saturated rings. The van der Waals surface area contributed by atoms with Gasteiger partial charge in [0.1, 0.15) is 0 Å². The molecule has 1 atom stereocenters. The third-order valence-corrected chi connectivity index (χ3v) is 2.81. The van der Waals surface area contributed by atoms with Crippen LogP contribution in [0.4, 0.5) is 13.2 Å². The lowest BCUT2D eigenvalue weighted by Crippen LogP contribution is -2.33. The van der Waals surface area contributed by atoms with E-state index in [1.54, 1.807) is 31.2 Å². The number of carbonyl (C=O) groups excluding carboxylic acids is 1. The second kappa shape index (κ2) is 7.25. The van der Waals surface area contributed by atoms with Crippen LogP contribution < -0.4 is 11.3 Å². The molecule has 0 aromatic heterocycles. The summed E-state index contributed by atoms with van der Waals surface area (Å²) < 4.78 is 40.7. The largest absolute Gasteiger partial charge is 0.391 e. The molecule has 1 aromatic rings. The summed E-state index contributed by atoms with van der Waals surface area (Å²) in [6.07, 6.45) is -5.16. The molecule has 20 heavy (non-hydrogen) atoms. The van der Waals surface area contributed by atoms with Gasteiger partial charge in [-0.25, -0.2) is 5.84 Å². The van der Waals surface area contributed by atoms with Crippen LogP contribution in [0.25, 0.3) is 0 Å². The van der Waals surface area contributed by atoms with E-state index in [0.717, 1.165) is 11.1 Å². The van der Waals surface area contributed by atoms with Crippen LogP contribution in [0, 0.1) is 0 Å². The Balaban J connectivity index is 2.45. The number of ether oxygens (including phenoxy) is 1. The highest BCUT2D eigenvalue weighted by molar-refractivity contribution is 5.82. The summed E-state index contributed by atoms with van der Waals surface area (Å²) >= 11 is 0. The molecule has 1 amide bonds. The summed E-state index contributed by atoms with van der Waals surface area (Å²) in [6, 6.07) is 6.87. The minimum Gasteiger partial charge on any atom is -0.376 e. The third-order valence-electron chi connectivity index (χ3n) is 2.81. The SMILES string of the molecule is CC(C(=O)NN)c1ccc(COCCC(F)(F)F)cc1. The zero-order chi connectivity index (χ0) is 15.2. The van der Waals surface area contributed by atoms with Crippen molar-refractivity contribution in [3.05, 3.63) is 35.4 Å². The van der Waals surface area contributed by atoms with Gasteiger partial charge in [0.25, 0.3) is 0 Å². The zero-order valence-electron chi connectivity index (χ0n) is 11.0. The molecule has 0 aliphatic heterocycles. The van der Waals surface area contributed by atoms with Crippen LogP contribution in [0.2, 0.25) is 0 Å². The van der Waals surface area contributed by atoms with Gasteiger partial charge < -0.3 is 4.74 Å². The molecule has 0 spiro atoms. The number of hydrogen-bond donors (Lipinski definition) is 2. The number of hydrogen-bond acceptors (Lipinski definition) is 3. The molecule has 3 N–H and O–H groups in total. The number of amides is 1. The summed E-state index contributed by atoms with van der Waals surface area (Å²) in [5.41, 5.74) is 3.58. The van der Waals surface area contributed by atoms with Gasteiger partial charge in [0, 0.05) is 0 Å². The van der Waals surface area contributed by atoms with Crippen molar-refractivity contribution in [2.24, 2.45) is 5.84 Å². The molecule has 0 saturated carbocycles. The molecule has 0 bridgehead atoms. The lowest BCUT2D eigenvalue weighted by molar-refractivity contribution is -0.146. The standard InChI is InChI=1S/C13H17F3N2O2/c1-9(12(19)18-17)11-4-2-10(3-5-11)8-20-7-6-13(14,15)16/h2-5,9H,6-8,17H2,1H3,(H,18,19). The Bertz CT molecular complexity index is 432. The molecule has 0 radical (unpaired) electrons. The van der Waals surface area contributed by atoms with Gasteiger partial charge in [0.05, 0.1) is 25.6 Å². The first-order valence-corrected chi connectivity index (χ1v) is 6.07. The van der Waals surface area contributed by atoms with Gasteiger partial charge in [-0.1, -0.05) is 24.3 Å². The number of halogens is 3. The first-order valence-electron chi connectivity index (χ1n) is 6.07. The van der Waals surface area contributed by atoms with E-state index in [1.807, 2.05) is 0 Å². The number of nitrogens with two attached hydrogens (primary N) is 1. The monoisotopic (exact) mass is 290 g/mol. The van der Waals surface area contributed by atoms with Crippen molar-refractivity contribution in [1.29, 1.82) is 0 Å². The summed E-state index contributed by atoms with van der Waals surface area (Å²) in [6.45, 7) is 1.45. The van der Waals surface area contributed by atoms with Gasteiger partial charge in [-0.15, -0.1) is 0 Å². The van der Waals surface area contributed by atoms with Crippen molar-refractivity contribution in [2.75, 3.05) is 6.61 Å². The van der Waals surface area contributed by atoms with Crippen molar-refractivity contribution in [1.82, 2.24) is 5.43 Å². The average Bonchev–Trinajstić information content (AvgIpc) is 2.41. The van der Waals surface area contributed by atoms with E-state index in [0.29, 0.717) is 0 Å². The number of carbonyl (C=O) groups is 1. The van der Waals surface area contributed by atoms with E-state index in [9.17, 15) is 18.0 Å². The summed E-state index contributed by atoms with van der Waals surface area (Å²) in [7, 11) is 0. The average molecular weight is 290 g/mol. The molecular formula is C13H17F3N2O2. The summed E-state index contributed by atoms with van der Waals surface area (Å²) in [5, 5.41) is 0. The van der Waals surface area contributed by atoms with Crippen LogP contribution in [-0.2, 0) is 16.1 Å². The molecular weight excluding hydrogens is 273 g/mol. The first-order chi connectivity index (χ1) is 9.33. The van der Waals surface area contributed by atoms with Gasteiger partial charge in [-0.05, 0) is 18.1 Å². The predicted octanol–water partition coefficient (Wildman–Crippen LogP) is 2.25. The van der Waals surface area contributed by atoms with Crippen molar-refractivity contribution in [3.8, 4) is 0 Å². The molecule has 7 heteroatoms. The number of benzene rings is 1. The molecule has 1 rings (SSSR count). The minimum absolute atomic E-state index is 0.105. The first kappa shape index (κ1) is 16.5. The van der Waals surface area contributed by atoms with E-state index < -0.39 is 12.6 Å². The Hall–Kier alpha value is -1.60. The number of alkyl halides is 3. The Morgan fingerprint density at radius 3 is 2.45 bits per heavy atom. The van der Waals surface area contributed by atoms with Gasteiger partial charge >= 0.3 is 6.18 Å². The van der Waals surface area contributed by atoms with Gasteiger partial charge in [-0.2, -0.15) is 13.2 Å². The van der Waals surface area contributed by atoms with Gasteiger partial charge in [0.15, 0.2) is 0 Å². The van der Waals surface area contributed by atoms with Crippen molar-refractivity contribution in [2.45, 2.75) is 32.0 Å². The van der Waals surface area contributed by atoms with Gasteiger partial charge in [0.2, 0.25) is 5.91 Å². The number of rotatable bonds is 6. The quantitative estimate of drug-likeness (QED) is 0.365. The highest BCUT2D eigenvalue weighted by Crippen LogP contribution is 2.20. The number of nitrogens with one attached hydrogen (secondary N) is 1. The molecule has 0 aliphatic carbocycles. The maximum absolute atomic E-state index is 11.9. The highest BCUT2D eigenvalue weighted by Gasteiger charge is 2.26. The Labute approximate surface area is 115 Å². The summed E-state index contributed by atoms with van der Waals surface area (Å²) in [4.78, 5) is 11.3. The fraction of sp³-hybridized carbons (Fsp3) is 0.462. The number of hydrazine groups is 1. The van der Waals surface area contributed by atoms with Crippen molar-refractivity contribution >= 4 is 5.91 Å². The van der Waals surface area contributed by atoms with Crippen molar-refractivity contribution in [3.63, 3.8) is 0 Å². The molecule has 1 aromatic carbocycles. The Morgan fingerprint density at radius 1 is 1.35 bits per heavy atom. The normalized spacial score (nSPS) is 13.1. The van der Waals surface area contributed by atoms with Crippen molar-refractivity contribution < 1.29 is 22.7 Å². The Kier molecular flexibility index (Phi) is 5.97. The van der Waals surface area contributed by atoms with Crippen LogP contribution in [0.3, 0.4) is 0 Å². The van der Waals surface area contributed by atoms with Crippen LogP contribution in [0.5, 0.6) is 0 Å². The predicted molar refractivity (Wildman–Crippen MR) is 67.5 cm³/mol. The third kappa shape index (κ3) is 5.58. The van der Waals surface area contributed by atoms with Crippen LogP contribution in [0.1, 0.15) is 30.4 Å². The smallest absolute Gasteiger partial charge is 0.376 e. The van der Waals surface area contributed by atoms with Crippen LogP contribution >= 0.6 is 0 Å². The minimum atomic E-state index is -4.20. The van der Waals surface area contributed by atoms with E-state index in [4.69, 9.17) is 10.6 Å². The molecule has 4 nitrogen and oxygen atoms in total. The van der Waals surface area contributed by atoms with Crippen LogP contribution in [-0.4, -0.2) is 18.7 Å². The molecule has 112 valence electrons. The fourth-order valence-electron chi connectivity index (χ4n) is 1.56. The van der Waals surface area contributed by atoms with Gasteiger partial charge in [-0.3, -0.25) is 10.2 Å². The second-order valence-electron chi connectivity index (χ2n) is 4.39. The highest BCUT2D eigenvalue weighted by atomic mass is 19.4.